The summed E-state index contributed by atoms with van der Waals surface area (Å²) in [6.07, 6.45) is 4.29. The van der Waals surface area contributed by atoms with Gasteiger partial charge in [-0.3, -0.25) is 0 Å². The molecule has 0 aromatic rings. The normalized spacial score (nSPS) is 36.4. The monoisotopic (exact) mass is 168 g/mol. The molecule has 1 N–H and O–H groups in total. The van der Waals surface area contributed by atoms with Crippen molar-refractivity contribution in [1.82, 2.24) is 0 Å². The summed E-state index contributed by atoms with van der Waals surface area (Å²) in [5.74, 6) is 1.08. The Bertz CT molecular complexity index is 162. The lowest BCUT2D eigenvalue weighted by molar-refractivity contribution is 0.0609. The second kappa shape index (κ2) is 4.08. The van der Waals surface area contributed by atoms with Crippen molar-refractivity contribution in [2.24, 2.45) is 11.8 Å². The number of aliphatic hydroxyl groups is 1. The summed E-state index contributed by atoms with van der Waals surface area (Å²) in [4.78, 5) is 0. The van der Waals surface area contributed by atoms with Crippen molar-refractivity contribution in [3.8, 4) is 0 Å². The van der Waals surface area contributed by atoms with Gasteiger partial charge < -0.3 is 5.11 Å². The van der Waals surface area contributed by atoms with E-state index >= 15 is 0 Å². The van der Waals surface area contributed by atoms with Gasteiger partial charge in [0, 0.05) is 0 Å². The molecule has 70 valence electrons. The summed E-state index contributed by atoms with van der Waals surface area (Å²) in [6.45, 7) is 8.33. The second-order valence-electron chi connectivity index (χ2n) is 4.07. The average molecular weight is 168 g/mol. The van der Waals surface area contributed by atoms with Crippen LogP contribution >= 0.6 is 0 Å². The molecule has 1 nitrogen and oxygen atoms in total. The molecular weight excluding hydrogens is 148 g/mol. The summed E-state index contributed by atoms with van der Waals surface area (Å²) in [5, 5.41) is 9.65. The van der Waals surface area contributed by atoms with Gasteiger partial charge in [-0.15, -0.1) is 0 Å². The van der Waals surface area contributed by atoms with E-state index in [0.29, 0.717) is 11.8 Å². The molecule has 0 aliphatic heterocycles. The summed E-state index contributed by atoms with van der Waals surface area (Å²) in [7, 11) is 0. The highest BCUT2D eigenvalue weighted by molar-refractivity contribution is 5.02. The van der Waals surface area contributed by atoms with Crippen molar-refractivity contribution in [2.75, 3.05) is 0 Å². The zero-order valence-corrected chi connectivity index (χ0v) is 8.21. The molecular formula is C11H20O. The highest BCUT2D eigenvalue weighted by atomic mass is 16.3. The van der Waals surface area contributed by atoms with Crippen LogP contribution in [-0.4, -0.2) is 11.2 Å². The molecule has 3 unspecified atom stereocenters. The summed E-state index contributed by atoms with van der Waals surface area (Å²) >= 11 is 0. The first kappa shape index (κ1) is 9.79. The number of allylic oxidation sites excluding steroid dienone is 1. The first-order chi connectivity index (χ1) is 5.65. The van der Waals surface area contributed by atoms with Crippen molar-refractivity contribution < 1.29 is 5.11 Å². The second-order valence-corrected chi connectivity index (χ2v) is 4.07. The van der Waals surface area contributed by atoms with E-state index in [1.165, 1.54) is 12.0 Å². The molecule has 3 atom stereocenters. The highest BCUT2D eigenvalue weighted by Crippen LogP contribution is 2.33. The maximum atomic E-state index is 9.65. The van der Waals surface area contributed by atoms with Gasteiger partial charge in [-0.25, -0.2) is 0 Å². The number of hydrogen-bond acceptors (Lipinski definition) is 1. The number of hydrogen-bond donors (Lipinski definition) is 1. The Balaban J connectivity index is 2.45. The minimum Gasteiger partial charge on any atom is -0.393 e. The van der Waals surface area contributed by atoms with Crippen LogP contribution in [0.15, 0.2) is 12.2 Å². The molecule has 12 heavy (non-hydrogen) atoms. The number of aliphatic hydroxyl groups excluding tert-OH is 1. The van der Waals surface area contributed by atoms with Crippen LogP contribution in [-0.2, 0) is 0 Å². The van der Waals surface area contributed by atoms with E-state index in [4.69, 9.17) is 0 Å². The minimum absolute atomic E-state index is 0.0907. The van der Waals surface area contributed by atoms with Gasteiger partial charge in [0.15, 0.2) is 0 Å². The Labute approximate surface area is 75.5 Å². The van der Waals surface area contributed by atoms with E-state index in [2.05, 4.69) is 20.4 Å². The Hall–Kier alpha value is -0.300. The molecule has 0 amide bonds. The quantitative estimate of drug-likeness (QED) is 0.629. The van der Waals surface area contributed by atoms with E-state index in [9.17, 15) is 5.11 Å². The molecule has 0 saturated heterocycles. The molecule has 0 aromatic heterocycles. The van der Waals surface area contributed by atoms with Crippen molar-refractivity contribution in [1.29, 1.82) is 0 Å². The summed E-state index contributed by atoms with van der Waals surface area (Å²) in [6, 6.07) is 0. The first-order valence-corrected chi connectivity index (χ1v) is 5.00. The topological polar surface area (TPSA) is 20.2 Å². The lowest BCUT2D eigenvalue weighted by Gasteiger charge is -2.31. The van der Waals surface area contributed by atoms with Crippen LogP contribution in [0.4, 0.5) is 0 Å². The Morgan fingerprint density at radius 1 is 1.50 bits per heavy atom. The molecule has 0 bridgehead atoms. The molecule has 1 aliphatic carbocycles. The van der Waals surface area contributed by atoms with Gasteiger partial charge in [0.1, 0.15) is 0 Å². The van der Waals surface area contributed by atoms with Crippen LogP contribution < -0.4 is 0 Å². The molecule has 1 rings (SSSR count). The lowest BCUT2D eigenvalue weighted by Crippen LogP contribution is -2.27. The van der Waals surface area contributed by atoms with E-state index in [-0.39, 0.29) is 6.10 Å². The van der Waals surface area contributed by atoms with Gasteiger partial charge in [-0.2, -0.15) is 0 Å². The van der Waals surface area contributed by atoms with Crippen LogP contribution in [0.3, 0.4) is 0 Å². The molecule has 0 aromatic carbocycles. The first-order valence-electron chi connectivity index (χ1n) is 5.00. The SMILES string of the molecule is C=C(CC)C1CCC(C)C(O)C1. The fourth-order valence-electron chi connectivity index (χ4n) is 1.96. The third-order valence-electron chi connectivity index (χ3n) is 3.18. The predicted octanol–water partition coefficient (Wildman–Crippen LogP) is 2.75. The van der Waals surface area contributed by atoms with Crippen LogP contribution in [0.25, 0.3) is 0 Å². The van der Waals surface area contributed by atoms with E-state index in [0.717, 1.165) is 19.3 Å². The van der Waals surface area contributed by atoms with Crippen LogP contribution in [0.1, 0.15) is 39.5 Å². The van der Waals surface area contributed by atoms with Crippen molar-refractivity contribution in [2.45, 2.75) is 45.6 Å². The van der Waals surface area contributed by atoms with Crippen LogP contribution in [0, 0.1) is 11.8 Å². The standard InChI is InChI=1S/C11H20O/c1-4-8(2)10-6-5-9(3)11(12)7-10/h9-12H,2,4-7H2,1,3H3. The Morgan fingerprint density at radius 3 is 2.67 bits per heavy atom. The summed E-state index contributed by atoms with van der Waals surface area (Å²) in [5.41, 5.74) is 1.32. The van der Waals surface area contributed by atoms with Crippen molar-refractivity contribution in [3.05, 3.63) is 12.2 Å². The smallest absolute Gasteiger partial charge is 0.0571 e. The van der Waals surface area contributed by atoms with Gasteiger partial charge >= 0.3 is 0 Å². The molecule has 0 spiro atoms. The zero-order chi connectivity index (χ0) is 9.14. The van der Waals surface area contributed by atoms with Crippen molar-refractivity contribution >= 4 is 0 Å². The maximum Gasteiger partial charge on any atom is 0.0571 e. The molecule has 0 radical (unpaired) electrons. The van der Waals surface area contributed by atoms with E-state index < -0.39 is 0 Å². The van der Waals surface area contributed by atoms with Gasteiger partial charge in [-0.1, -0.05) is 26.0 Å². The molecule has 1 heteroatoms. The minimum atomic E-state index is -0.0907. The third kappa shape index (κ3) is 2.10. The van der Waals surface area contributed by atoms with E-state index in [1.54, 1.807) is 0 Å². The predicted molar refractivity (Wildman–Crippen MR) is 51.9 cm³/mol. The van der Waals surface area contributed by atoms with Gasteiger partial charge in [-0.05, 0) is 37.5 Å². The fourth-order valence-corrected chi connectivity index (χ4v) is 1.96. The fraction of sp³-hybridized carbons (Fsp3) is 0.818. The lowest BCUT2D eigenvalue weighted by atomic mass is 9.77. The highest BCUT2D eigenvalue weighted by Gasteiger charge is 2.26. The molecule has 1 aliphatic rings. The average Bonchev–Trinajstić information content (AvgIpc) is 2.08. The third-order valence-corrected chi connectivity index (χ3v) is 3.18. The zero-order valence-electron chi connectivity index (χ0n) is 8.21. The maximum absolute atomic E-state index is 9.65. The van der Waals surface area contributed by atoms with Crippen molar-refractivity contribution in [3.63, 3.8) is 0 Å². The molecule has 1 saturated carbocycles. The Kier molecular flexibility index (Phi) is 3.33. The largest absolute Gasteiger partial charge is 0.393 e. The van der Waals surface area contributed by atoms with Gasteiger partial charge in [0.2, 0.25) is 0 Å². The summed E-state index contributed by atoms with van der Waals surface area (Å²) < 4.78 is 0. The molecule has 1 fully saturated rings. The van der Waals surface area contributed by atoms with Crippen LogP contribution in [0.2, 0.25) is 0 Å². The number of rotatable bonds is 2. The Morgan fingerprint density at radius 2 is 2.17 bits per heavy atom. The molecule has 0 heterocycles. The van der Waals surface area contributed by atoms with E-state index in [1.807, 2.05) is 0 Å². The van der Waals surface area contributed by atoms with Gasteiger partial charge in [0.25, 0.3) is 0 Å². The van der Waals surface area contributed by atoms with Gasteiger partial charge in [0.05, 0.1) is 6.10 Å². The van der Waals surface area contributed by atoms with Crippen LogP contribution in [0.5, 0.6) is 0 Å².